The summed E-state index contributed by atoms with van der Waals surface area (Å²) < 4.78 is 5.82. The van der Waals surface area contributed by atoms with Gasteiger partial charge in [-0.05, 0) is 53.2 Å². The fraction of sp³-hybridized carbons (Fsp3) is 0.143. The van der Waals surface area contributed by atoms with Crippen molar-refractivity contribution in [1.29, 1.82) is 0 Å². The summed E-state index contributed by atoms with van der Waals surface area (Å²) >= 11 is 3.35. The van der Waals surface area contributed by atoms with Crippen LogP contribution in [0.5, 0.6) is 5.75 Å². The smallest absolute Gasteiger partial charge is 0.258 e. The molecule has 0 bridgehead atoms. The quantitative estimate of drug-likeness (QED) is 0.942. The number of carbonyl (C=O) groups excluding carboxylic acids is 1. The highest BCUT2D eigenvalue weighted by Crippen LogP contribution is 2.23. The van der Waals surface area contributed by atoms with Crippen molar-refractivity contribution in [2.45, 2.75) is 6.92 Å². The zero-order valence-corrected chi connectivity index (χ0v) is 12.2. The number of nitrogens with zero attached hydrogens (tertiary/aromatic N) is 1. The van der Waals surface area contributed by atoms with Gasteiger partial charge in [-0.3, -0.25) is 4.79 Å². The Labute approximate surface area is 119 Å². The van der Waals surface area contributed by atoms with E-state index in [1.54, 1.807) is 31.4 Å². The molecule has 19 heavy (non-hydrogen) atoms. The monoisotopic (exact) mass is 320 g/mol. The van der Waals surface area contributed by atoms with E-state index in [9.17, 15) is 4.79 Å². The van der Waals surface area contributed by atoms with Crippen LogP contribution in [0.4, 0.5) is 5.82 Å². The van der Waals surface area contributed by atoms with E-state index in [1.165, 1.54) is 0 Å². The minimum absolute atomic E-state index is 0.233. The van der Waals surface area contributed by atoms with Gasteiger partial charge in [-0.2, -0.15) is 0 Å². The van der Waals surface area contributed by atoms with E-state index in [4.69, 9.17) is 4.74 Å². The third kappa shape index (κ3) is 3.32. The predicted octanol–water partition coefficient (Wildman–Crippen LogP) is 3.41. The van der Waals surface area contributed by atoms with Crippen LogP contribution in [0.15, 0.2) is 40.9 Å². The van der Waals surface area contributed by atoms with Gasteiger partial charge in [0.05, 0.1) is 12.7 Å². The maximum Gasteiger partial charge on any atom is 0.258 e. The number of aryl methyl sites for hydroxylation is 1. The van der Waals surface area contributed by atoms with Gasteiger partial charge in [0, 0.05) is 10.2 Å². The average molecular weight is 321 g/mol. The van der Waals surface area contributed by atoms with Crippen LogP contribution in [-0.4, -0.2) is 18.0 Å². The van der Waals surface area contributed by atoms with Gasteiger partial charge < -0.3 is 10.1 Å². The molecule has 1 heterocycles. The molecule has 1 N–H and O–H groups in total. The van der Waals surface area contributed by atoms with Crippen LogP contribution >= 0.6 is 15.9 Å². The van der Waals surface area contributed by atoms with Crippen molar-refractivity contribution < 1.29 is 9.53 Å². The Morgan fingerprint density at radius 2 is 2.11 bits per heavy atom. The number of anilines is 1. The Morgan fingerprint density at radius 3 is 2.79 bits per heavy atom. The van der Waals surface area contributed by atoms with Crippen molar-refractivity contribution >= 4 is 27.7 Å². The third-order valence-corrected chi connectivity index (χ3v) is 3.24. The summed E-state index contributed by atoms with van der Waals surface area (Å²) in [5, 5.41) is 2.76. The first kappa shape index (κ1) is 13.5. The molecule has 0 saturated heterocycles. The van der Waals surface area contributed by atoms with E-state index >= 15 is 0 Å². The maximum atomic E-state index is 12.2. The minimum Gasteiger partial charge on any atom is -0.497 e. The molecule has 0 aliphatic heterocycles. The Hall–Kier alpha value is -1.88. The second-order valence-electron chi connectivity index (χ2n) is 3.96. The van der Waals surface area contributed by atoms with Gasteiger partial charge in [0.2, 0.25) is 0 Å². The number of pyridine rings is 1. The number of aromatic nitrogens is 1. The molecule has 0 saturated carbocycles. The maximum absolute atomic E-state index is 12.2. The van der Waals surface area contributed by atoms with Crippen molar-refractivity contribution in [3.8, 4) is 5.75 Å². The van der Waals surface area contributed by atoms with Gasteiger partial charge in [-0.1, -0.05) is 6.07 Å². The lowest BCUT2D eigenvalue weighted by atomic mass is 10.2. The van der Waals surface area contributed by atoms with E-state index in [0.29, 0.717) is 21.6 Å². The highest BCUT2D eigenvalue weighted by molar-refractivity contribution is 9.10. The largest absolute Gasteiger partial charge is 0.497 e. The van der Waals surface area contributed by atoms with Crippen LogP contribution in [0.3, 0.4) is 0 Å². The van der Waals surface area contributed by atoms with Gasteiger partial charge in [-0.15, -0.1) is 0 Å². The van der Waals surface area contributed by atoms with Crippen LogP contribution in [-0.2, 0) is 0 Å². The van der Waals surface area contributed by atoms with Gasteiger partial charge in [0.25, 0.3) is 5.91 Å². The molecule has 0 atom stereocenters. The zero-order chi connectivity index (χ0) is 13.8. The molecular weight excluding hydrogens is 308 g/mol. The molecule has 1 aromatic carbocycles. The Morgan fingerprint density at radius 1 is 1.32 bits per heavy atom. The molecule has 0 spiro atoms. The average Bonchev–Trinajstić information content (AvgIpc) is 2.39. The second kappa shape index (κ2) is 5.84. The molecule has 0 aliphatic rings. The van der Waals surface area contributed by atoms with E-state index in [1.807, 2.05) is 19.1 Å². The first-order valence-corrected chi connectivity index (χ1v) is 6.48. The van der Waals surface area contributed by atoms with E-state index in [-0.39, 0.29) is 5.91 Å². The molecule has 98 valence electrons. The van der Waals surface area contributed by atoms with Crippen molar-refractivity contribution in [2.75, 3.05) is 12.4 Å². The number of benzene rings is 1. The number of carbonyl (C=O) groups is 1. The first-order valence-electron chi connectivity index (χ1n) is 5.68. The second-order valence-corrected chi connectivity index (χ2v) is 4.82. The molecule has 5 heteroatoms. The lowest BCUT2D eigenvalue weighted by Crippen LogP contribution is -2.14. The van der Waals surface area contributed by atoms with Crippen molar-refractivity contribution in [1.82, 2.24) is 4.98 Å². The topological polar surface area (TPSA) is 51.2 Å². The standard InChI is InChI=1S/C14H13BrN2O2/c1-9-4-3-5-13(16-9)17-14(18)11-8-10(19-2)6-7-12(11)15/h3-8H,1-2H3,(H,16,17,18). The minimum atomic E-state index is -0.233. The summed E-state index contributed by atoms with van der Waals surface area (Å²) in [6, 6.07) is 10.7. The van der Waals surface area contributed by atoms with Crippen LogP contribution in [0, 0.1) is 6.92 Å². The highest BCUT2D eigenvalue weighted by atomic mass is 79.9. The molecule has 0 radical (unpaired) electrons. The van der Waals surface area contributed by atoms with Crippen LogP contribution in [0.1, 0.15) is 16.1 Å². The number of hydrogen-bond acceptors (Lipinski definition) is 3. The summed E-state index contributed by atoms with van der Waals surface area (Å²) in [6.07, 6.45) is 0. The summed E-state index contributed by atoms with van der Waals surface area (Å²) in [6.45, 7) is 1.87. The molecule has 0 aliphatic carbocycles. The van der Waals surface area contributed by atoms with E-state index in [0.717, 1.165) is 5.69 Å². The number of methoxy groups -OCH3 is 1. The predicted molar refractivity (Wildman–Crippen MR) is 77.6 cm³/mol. The van der Waals surface area contributed by atoms with Crippen molar-refractivity contribution in [2.24, 2.45) is 0 Å². The summed E-state index contributed by atoms with van der Waals surface area (Å²) in [5.41, 5.74) is 1.35. The molecule has 4 nitrogen and oxygen atoms in total. The molecule has 1 aromatic heterocycles. The van der Waals surface area contributed by atoms with Gasteiger partial charge in [-0.25, -0.2) is 4.98 Å². The molecule has 0 fully saturated rings. The Kier molecular flexibility index (Phi) is 4.16. The van der Waals surface area contributed by atoms with E-state index in [2.05, 4.69) is 26.2 Å². The van der Waals surface area contributed by atoms with Crippen LogP contribution in [0.2, 0.25) is 0 Å². The van der Waals surface area contributed by atoms with Gasteiger partial charge >= 0.3 is 0 Å². The molecule has 2 aromatic rings. The number of rotatable bonds is 3. The molecule has 0 unspecified atom stereocenters. The number of halogens is 1. The first-order chi connectivity index (χ1) is 9.10. The molecule has 2 rings (SSSR count). The van der Waals surface area contributed by atoms with Crippen molar-refractivity contribution in [3.63, 3.8) is 0 Å². The molecule has 1 amide bonds. The third-order valence-electron chi connectivity index (χ3n) is 2.55. The Bertz CT molecular complexity index is 614. The van der Waals surface area contributed by atoms with E-state index < -0.39 is 0 Å². The number of ether oxygens (including phenoxy) is 1. The zero-order valence-electron chi connectivity index (χ0n) is 10.6. The normalized spacial score (nSPS) is 10.1. The van der Waals surface area contributed by atoms with Gasteiger partial charge in [0.15, 0.2) is 0 Å². The summed E-state index contributed by atoms with van der Waals surface area (Å²) in [4.78, 5) is 16.4. The molecular formula is C14H13BrN2O2. The van der Waals surface area contributed by atoms with Crippen LogP contribution < -0.4 is 10.1 Å². The fourth-order valence-corrected chi connectivity index (χ4v) is 2.03. The summed E-state index contributed by atoms with van der Waals surface area (Å²) in [7, 11) is 1.56. The summed E-state index contributed by atoms with van der Waals surface area (Å²) in [5.74, 6) is 0.925. The number of hydrogen-bond donors (Lipinski definition) is 1. The lowest BCUT2D eigenvalue weighted by Gasteiger charge is -2.08. The highest BCUT2D eigenvalue weighted by Gasteiger charge is 2.12. The SMILES string of the molecule is COc1ccc(Br)c(C(=O)Nc2cccc(C)n2)c1. The fourth-order valence-electron chi connectivity index (χ4n) is 1.60. The van der Waals surface area contributed by atoms with Crippen molar-refractivity contribution in [3.05, 3.63) is 52.1 Å². The number of amides is 1. The Balaban J connectivity index is 2.25. The van der Waals surface area contributed by atoms with Gasteiger partial charge in [0.1, 0.15) is 11.6 Å². The lowest BCUT2D eigenvalue weighted by molar-refractivity contribution is 0.102. The number of nitrogens with one attached hydrogen (secondary N) is 1. The van der Waals surface area contributed by atoms with Crippen LogP contribution in [0.25, 0.3) is 0 Å².